The van der Waals surface area contributed by atoms with Crippen molar-refractivity contribution in [1.82, 2.24) is 15.5 Å². The first-order valence-electron chi connectivity index (χ1n) is 7.16. The summed E-state index contributed by atoms with van der Waals surface area (Å²) < 4.78 is 0. The van der Waals surface area contributed by atoms with Crippen LogP contribution in [0.1, 0.15) is 51.3 Å². The van der Waals surface area contributed by atoms with Gasteiger partial charge in [-0.2, -0.15) is 5.10 Å². The van der Waals surface area contributed by atoms with Gasteiger partial charge in [0, 0.05) is 23.8 Å². The number of nitrogens with zero attached hydrogens (tertiary/aromatic N) is 1. The summed E-state index contributed by atoms with van der Waals surface area (Å²) in [4.78, 5) is 0. The number of H-pyrrole nitrogens is 1. The lowest BCUT2D eigenvalue weighted by atomic mass is 9.68. The Morgan fingerprint density at radius 2 is 2.22 bits per heavy atom. The number of hydrogen-bond acceptors (Lipinski definition) is 2. The topological polar surface area (TPSA) is 40.7 Å². The van der Waals surface area contributed by atoms with E-state index in [0.717, 1.165) is 12.5 Å². The molecule has 0 aromatic carbocycles. The Morgan fingerprint density at radius 1 is 1.44 bits per heavy atom. The maximum atomic E-state index is 4.10. The number of aryl methyl sites for hydroxylation is 1. The van der Waals surface area contributed by atoms with Gasteiger partial charge in [0.2, 0.25) is 0 Å². The van der Waals surface area contributed by atoms with E-state index in [1.54, 1.807) is 0 Å². The van der Waals surface area contributed by atoms with Crippen molar-refractivity contribution in [3.63, 3.8) is 0 Å². The maximum absolute atomic E-state index is 4.10. The predicted molar refractivity (Wildman–Crippen MR) is 73.2 cm³/mol. The highest BCUT2D eigenvalue weighted by Gasteiger charge is 2.58. The number of rotatable bonds is 3. The minimum atomic E-state index is 0.435. The summed E-state index contributed by atoms with van der Waals surface area (Å²) in [6.07, 6.45) is 6.17. The lowest BCUT2D eigenvalue weighted by Crippen LogP contribution is -2.49. The highest BCUT2D eigenvalue weighted by Crippen LogP contribution is 2.62. The molecule has 0 spiro atoms. The Morgan fingerprint density at radius 3 is 2.78 bits per heavy atom. The molecular weight excluding hydrogens is 222 g/mol. The molecule has 1 aromatic rings. The van der Waals surface area contributed by atoms with Crippen LogP contribution < -0.4 is 5.32 Å². The van der Waals surface area contributed by atoms with Crippen molar-refractivity contribution in [2.45, 2.75) is 59.5 Å². The van der Waals surface area contributed by atoms with Crippen LogP contribution in [-0.2, 0) is 6.54 Å². The monoisotopic (exact) mass is 247 g/mol. The van der Waals surface area contributed by atoms with E-state index >= 15 is 0 Å². The molecular formula is C15H25N3. The van der Waals surface area contributed by atoms with Crippen molar-refractivity contribution in [3.05, 3.63) is 17.5 Å². The molecule has 2 fully saturated rings. The number of nitrogens with one attached hydrogen (secondary N) is 2. The van der Waals surface area contributed by atoms with Crippen molar-refractivity contribution in [2.24, 2.45) is 16.7 Å². The first-order chi connectivity index (χ1) is 8.43. The van der Waals surface area contributed by atoms with Crippen molar-refractivity contribution >= 4 is 0 Å². The average Bonchev–Trinajstić information content (AvgIpc) is 2.90. The SMILES string of the molecule is Cc1[nH]ncc1CNC1C2(C)CCC(C2)C1(C)C. The van der Waals surface area contributed by atoms with Crippen LogP contribution in [0.2, 0.25) is 0 Å². The molecule has 3 rings (SSSR count). The van der Waals surface area contributed by atoms with E-state index in [1.165, 1.54) is 30.5 Å². The molecule has 3 unspecified atom stereocenters. The fourth-order valence-corrected chi connectivity index (χ4v) is 4.58. The summed E-state index contributed by atoms with van der Waals surface area (Å²) in [6, 6.07) is 0.637. The van der Waals surface area contributed by atoms with Crippen LogP contribution in [0.15, 0.2) is 6.20 Å². The zero-order chi connectivity index (χ0) is 13.0. The molecule has 2 N–H and O–H groups in total. The van der Waals surface area contributed by atoms with E-state index in [-0.39, 0.29) is 0 Å². The third-order valence-electron chi connectivity index (χ3n) is 5.70. The average molecular weight is 247 g/mol. The zero-order valence-electron chi connectivity index (χ0n) is 12.0. The van der Waals surface area contributed by atoms with Gasteiger partial charge >= 0.3 is 0 Å². The van der Waals surface area contributed by atoms with E-state index in [2.05, 4.69) is 43.2 Å². The van der Waals surface area contributed by atoms with Crippen LogP contribution >= 0.6 is 0 Å². The molecule has 2 bridgehead atoms. The minimum absolute atomic E-state index is 0.435. The summed E-state index contributed by atoms with van der Waals surface area (Å²) in [6.45, 7) is 10.4. The van der Waals surface area contributed by atoms with Gasteiger partial charge in [-0.3, -0.25) is 5.10 Å². The van der Waals surface area contributed by atoms with Crippen molar-refractivity contribution in [2.75, 3.05) is 0 Å². The molecule has 3 atom stereocenters. The van der Waals surface area contributed by atoms with Gasteiger partial charge in [0.15, 0.2) is 0 Å². The van der Waals surface area contributed by atoms with Gasteiger partial charge < -0.3 is 5.32 Å². The van der Waals surface area contributed by atoms with Gasteiger partial charge in [-0.05, 0) is 42.9 Å². The lowest BCUT2D eigenvalue weighted by molar-refractivity contribution is 0.108. The summed E-state index contributed by atoms with van der Waals surface area (Å²) in [7, 11) is 0. The molecule has 1 heterocycles. The Bertz CT molecular complexity index is 444. The number of aromatic amines is 1. The molecule has 100 valence electrons. The molecule has 2 saturated carbocycles. The van der Waals surface area contributed by atoms with E-state index in [9.17, 15) is 0 Å². The zero-order valence-corrected chi connectivity index (χ0v) is 12.0. The van der Waals surface area contributed by atoms with E-state index in [1.807, 2.05) is 6.20 Å². The third kappa shape index (κ3) is 1.63. The summed E-state index contributed by atoms with van der Waals surface area (Å²) in [5.74, 6) is 0.908. The van der Waals surface area contributed by atoms with Crippen LogP contribution in [0, 0.1) is 23.7 Å². The number of fused-ring (bicyclic) bond motifs is 2. The molecule has 3 heteroatoms. The molecule has 0 radical (unpaired) electrons. The van der Waals surface area contributed by atoms with Gasteiger partial charge in [-0.25, -0.2) is 0 Å². The molecule has 3 nitrogen and oxygen atoms in total. The smallest absolute Gasteiger partial charge is 0.0535 e. The fraction of sp³-hybridized carbons (Fsp3) is 0.800. The first-order valence-corrected chi connectivity index (χ1v) is 7.16. The van der Waals surface area contributed by atoms with Gasteiger partial charge in [-0.15, -0.1) is 0 Å². The largest absolute Gasteiger partial charge is 0.309 e. The molecule has 2 aliphatic carbocycles. The molecule has 0 amide bonds. The Kier molecular flexibility index (Phi) is 2.60. The lowest BCUT2D eigenvalue weighted by Gasteiger charge is -2.43. The quantitative estimate of drug-likeness (QED) is 0.862. The van der Waals surface area contributed by atoms with E-state index < -0.39 is 0 Å². The minimum Gasteiger partial charge on any atom is -0.309 e. The van der Waals surface area contributed by atoms with Crippen molar-refractivity contribution in [3.8, 4) is 0 Å². The van der Waals surface area contributed by atoms with Gasteiger partial charge in [0.1, 0.15) is 0 Å². The normalized spacial score (nSPS) is 37.3. The number of aromatic nitrogens is 2. The number of hydrogen-bond donors (Lipinski definition) is 2. The molecule has 2 aliphatic rings. The van der Waals surface area contributed by atoms with E-state index in [4.69, 9.17) is 0 Å². The molecule has 0 saturated heterocycles. The van der Waals surface area contributed by atoms with E-state index in [0.29, 0.717) is 16.9 Å². The maximum Gasteiger partial charge on any atom is 0.0535 e. The third-order valence-corrected chi connectivity index (χ3v) is 5.70. The van der Waals surface area contributed by atoms with Crippen LogP contribution in [0.4, 0.5) is 0 Å². The Labute approximate surface area is 110 Å². The standard InChI is InChI=1S/C15H25N3/c1-10-11(9-17-18-10)8-16-13-14(2,3)12-5-6-15(13,4)7-12/h9,12-13,16H,5-8H2,1-4H3,(H,17,18). The first kappa shape index (κ1) is 12.2. The van der Waals surface area contributed by atoms with Gasteiger partial charge in [-0.1, -0.05) is 20.8 Å². The summed E-state index contributed by atoms with van der Waals surface area (Å²) in [5, 5.41) is 10.9. The van der Waals surface area contributed by atoms with Crippen LogP contribution in [0.25, 0.3) is 0 Å². The molecule has 18 heavy (non-hydrogen) atoms. The van der Waals surface area contributed by atoms with Crippen molar-refractivity contribution in [1.29, 1.82) is 0 Å². The van der Waals surface area contributed by atoms with Crippen LogP contribution in [0.5, 0.6) is 0 Å². The molecule has 1 aromatic heterocycles. The van der Waals surface area contributed by atoms with Gasteiger partial charge in [0.25, 0.3) is 0 Å². The fourth-order valence-electron chi connectivity index (χ4n) is 4.58. The Hall–Kier alpha value is -0.830. The highest BCUT2D eigenvalue weighted by molar-refractivity contribution is 5.17. The van der Waals surface area contributed by atoms with Crippen LogP contribution in [0.3, 0.4) is 0 Å². The summed E-state index contributed by atoms with van der Waals surface area (Å²) in [5.41, 5.74) is 3.43. The molecule has 0 aliphatic heterocycles. The second-order valence-corrected chi connectivity index (χ2v) is 7.25. The predicted octanol–water partition coefficient (Wildman–Crippen LogP) is 3.02. The van der Waals surface area contributed by atoms with Crippen LogP contribution in [-0.4, -0.2) is 16.2 Å². The second-order valence-electron chi connectivity index (χ2n) is 7.25. The summed E-state index contributed by atoms with van der Waals surface area (Å²) >= 11 is 0. The highest BCUT2D eigenvalue weighted by atomic mass is 15.1. The van der Waals surface area contributed by atoms with Crippen molar-refractivity contribution < 1.29 is 0 Å². The Balaban J connectivity index is 1.74. The van der Waals surface area contributed by atoms with Gasteiger partial charge in [0.05, 0.1) is 6.20 Å². The second kappa shape index (κ2) is 3.83.